The Balaban J connectivity index is 1.58. The van der Waals surface area contributed by atoms with Gasteiger partial charge in [0.1, 0.15) is 5.00 Å². The first-order valence-electron chi connectivity index (χ1n) is 9.97. The Labute approximate surface area is 184 Å². The molecule has 0 aliphatic heterocycles. The third kappa shape index (κ3) is 4.45. The molecular formula is C24H23NO3S2. The summed E-state index contributed by atoms with van der Waals surface area (Å²) < 4.78 is 5.01. The number of carbonyl (C=O) groups is 2. The maximum absolute atomic E-state index is 13.2. The summed E-state index contributed by atoms with van der Waals surface area (Å²) in [5, 5.41) is 3.60. The van der Waals surface area contributed by atoms with Crippen molar-refractivity contribution >= 4 is 40.0 Å². The third-order valence-electron chi connectivity index (χ3n) is 5.16. The smallest absolute Gasteiger partial charge is 0.341 e. The highest BCUT2D eigenvalue weighted by atomic mass is 32.2. The lowest BCUT2D eigenvalue weighted by Gasteiger charge is -2.12. The van der Waals surface area contributed by atoms with Crippen LogP contribution >= 0.6 is 23.1 Å². The minimum absolute atomic E-state index is 0.199. The van der Waals surface area contributed by atoms with Crippen molar-refractivity contribution in [1.82, 2.24) is 0 Å². The summed E-state index contributed by atoms with van der Waals surface area (Å²) in [5.41, 5.74) is 3.39. The largest absolute Gasteiger partial charge is 0.465 e. The van der Waals surface area contributed by atoms with Crippen molar-refractivity contribution in [1.29, 1.82) is 0 Å². The minimum Gasteiger partial charge on any atom is -0.465 e. The number of carbonyl (C=O) groups excluding carboxylic acids is 2. The molecule has 1 amide bonds. The zero-order chi connectivity index (χ0) is 20.9. The van der Waals surface area contributed by atoms with Gasteiger partial charge in [-0.15, -0.1) is 23.1 Å². The highest BCUT2D eigenvalue weighted by Gasteiger charge is 2.27. The van der Waals surface area contributed by atoms with E-state index in [9.17, 15) is 9.59 Å². The van der Waals surface area contributed by atoms with Gasteiger partial charge < -0.3 is 10.1 Å². The van der Waals surface area contributed by atoms with Crippen LogP contribution in [0.4, 0.5) is 5.00 Å². The summed E-state index contributed by atoms with van der Waals surface area (Å²) in [7, 11) is 1.39. The summed E-state index contributed by atoms with van der Waals surface area (Å²) in [4.78, 5) is 27.7. The van der Waals surface area contributed by atoms with Crippen molar-refractivity contribution in [2.75, 3.05) is 12.4 Å². The highest BCUT2D eigenvalue weighted by molar-refractivity contribution is 7.98. The molecular weight excluding hydrogens is 414 g/mol. The molecule has 0 saturated carbocycles. The number of esters is 1. The molecule has 4 rings (SSSR count). The van der Waals surface area contributed by atoms with E-state index in [-0.39, 0.29) is 11.9 Å². The Bertz CT molecular complexity index is 1060. The van der Waals surface area contributed by atoms with Crippen LogP contribution in [0.5, 0.6) is 0 Å². The fourth-order valence-corrected chi connectivity index (χ4v) is 5.94. The van der Waals surface area contributed by atoms with Crippen molar-refractivity contribution in [2.24, 2.45) is 0 Å². The first kappa shape index (κ1) is 20.7. The number of benzene rings is 2. The SMILES string of the molecule is COC(=O)c1c(NC(=O)c2ccccc2SCc2ccccc2)sc2c1CCCC2. The molecule has 0 atom stereocenters. The number of fused-ring (bicyclic) bond motifs is 1. The number of hydrogen-bond acceptors (Lipinski definition) is 5. The maximum Gasteiger partial charge on any atom is 0.341 e. The van der Waals surface area contributed by atoms with Crippen LogP contribution in [0.25, 0.3) is 0 Å². The molecule has 3 aromatic rings. The molecule has 1 aromatic heterocycles. The van der Waals surface area contributed by atoms with Gasteiger partial charge >= 0.3 is 5.97 Å². The van der Waals surface area contributed by atoms with Gasteiger partial charge in [-0.05, 0) is 48.9 Å². The number of hydrogen-bond donors (Lipinski definition) is 1. The Hall–Kier alpha value is -2.57. The van der Waals surface area contributed by atoms with E-state index in [1.165, 1.54) is 28.9 Å². The van der Waals surface area contributed by atoms with Gasteiger partial charge in [0.15, 0.2) is 0 Å². The molecule has 0 fully saturated rings. The highest BCUT2D eigenvalue weighted by Crippen LogP contribution is 2.39. The summed E-state index contributed by atoms with van der Waals surface area (Å²) in [6, 6.07) is 17.8. The lowest BCUT2D eigenvalue weighted by molar-refractivity contribution is 0.0601. The first-order chi connectivity index (χ1) is 14.7. The monoisotopic (exact) mass is 437 g/mol. The average molecular weight is 438 g/mol. The predicted octanol–water partition coefficient (Wildman–Crippen LogP) is 5.96. The second-order valence-electron chi connectivity index (χ2n) is 7.13. The Morgan fingerprint density at radius 1 is 1.03 bits per heavy atom. The molecule has 0 unspecified atom stereocenters. The normalized spacial score (nSPS) is 12.8. The van der Waals surface area contributed by atoms with Gasteiger partial charge in [0.05, 0.1) is 18.2 Å². The predicted molar refractivity (Wildman–Crippen MR) is 123 cm³/mol. The van der Waals surface area contributed by atoms with E-state index in [0.717, 1.165) is 41.9 Å². The van der Waals surface area contributed by atoms with E-state index < -0.39 is 0 Å². The standard InChI is InChI=1S/C24H23NO3S2/c1-28-24(27)21-17-11-5-8-14-20(17)30-23(21)25-22(26)18-12-6-7-13-19(18)29-15-16-9-3-2-4-10-16/h2-4,6-7,9-10,12-13H,5,8,11,14-15H2,1H3,(H,25,26). The van der Waals surface area contributed by atoms with Crippen molar-refractivity contribution in [2.45, 2.75) is 36.3 Å². The summed E-state index contributed by atoms with van der Waals surface area (Å²) >= 11 is 3.14. The lowest BCUT2D eigenvalue weighted by Crippen LogP contribution is -2.15. The van der Waals surface area contributed by atoms with Gasteiger partial charge in [-0.1, -0.05) is 42.5 Å². The van der Waals surface area contributed by atoms with Crippen molar-refractivity contribution in [3.63, 3.8) is 0 Å². The summed E-state index contributed by atoms with van der Waals surface area (Å²) in [6.45, 7) is 0. The molecule has 2 aromatic carbocycles. The van der Waals surface area contributed by atoms with Crippen LogP contribution in [0.2, 0.25) is 0 Å². The van der Waals surface area contributed by atoms with Gasteiger partial charge in [-0.2, -0.15) is 0 Å². The molecule has 0 spiro atoms. The van der Waals surface area contributed by atoms with E-state index >= 15 is 0 Å². The Morgan fingerprint density at radius 3 is 2.57 bits per heavy atom. The molecule has 154 valence electrons. The summed E-state index contributed by atoms with van der Waals surface area (Å²) in [6.07, 6.45) is 3.97. The number of nitrogens with one attached hydrogen (secondary N) is 1. The Kier molecular flexibility index (Phi) is 6.55. The maximum atomic E-state index is 13.2. The molecule has 1 N–H and O–H groups in total. The topological polar surface area (TPSA) is 55.4 Å². The fraction of sp³-hybridized carbons (Fsp3) is 0.250. The van der Waals surface area contributed by atoms with Crippen molar-refractivity contribution in [3.8, 4) is 0 Å². The van der Waals surface area contributed by atoms with E-state index in [4.69, 9.17) is 4.74 Å². The zero-order valence-electron chi connectivity index (χ0n) is 16.8. The van der Waals surface area contributed by atoms with Crippen LogP contribution < -0.4 is 5.32 Å². The summed E-state index contributed by atoms with van der Waals surface area (Å²) in [5.74, 6) is 0.206. The molecule has 0 bridgehead atoms. The Morgan fingerprint density at radius 2 is 1.77 bits per heavy atom. The van der Waals surface area contributed by atoms with E-state index in [2.05, 4.69) is 17.4 Å². The number of rotatable bonds is 6. The minimum atomic E-state index is -0.378. The quantitative estimate of drug-likeness (QED) is 0.382. The molecule has 6 heteroatoms. The average Bonchev–Trinajstić information content (AvgIpc) is 3.15. The first-order valence-corrected chi connectivity index (χ1v) is 11.8. The van der Waals surface area contributed by atoms with Crippen LogP contribution in [0, 0.1) is 0 Å². The molecule has 1 aliphatic rings. The van der Waals surface area contributed by atoms with E-state index in [0.29, 0.717) is 16.1 Å². The molecule has 1 heterocycles. The molecule has 4 nitrogen and oxygen atoms in total. The van der Waals surface area contributed by atoms with Gasteiger partial charge in [0.25, 0.3) is 5.91 Å². The second kappa shape index (κ2) is 9.49. The third-order valence-corrected chi connectivity index (χ3v) is 7.51. The number of amides is 1. The molecule has 0 saturated heterocycles. The van der Waals surface area contributed by atoms with Crippen LogP contribution in [-0.4, -0.2) is 19.0 Å². The van der Waals surface area contributed by atoms with Gasteiger partial charge in [-0.3, -0.25) is 4.79 Å². The number of methoxy groups -OCH3 is 1. The molecule has 1 aliphatic carbocycles. The van der Waals surface area contributed by atoms with Crippen molar-refractivity contribution in [3.05, 3.63) is 81.7 Å². The number of aryl methyl sites for hydroxylation is 1. The molecule has 30 heavy (non-hydrogen) atoms. The zero-order valence-corrected chi connectivity index (χ0v) is 18.4. The van der Waals surface area contributed by atoms with Gasteiger partial charge in [0, 0.05) is 15.5 Å². The van der Waals surface area contributed by atoms with Crippen LogP contribution in [0.3, 0.4) is 0 Å². The van der Waals surface area contributed by atoms with Gasteiger partial charge in [-0.25, -0.2) is 4.79 Å². The van der Waals surface area contributed by atoms with Crippen molar-refractivity contribution < 1.29 is 14.3 Å². The van der Waals surface area contributed by atoms with E-state index in [1.54, 1.807) is 11.8 Å². The van der Waals surface area contributed by atoms with Crippen LogP contribution in [0.1, 0.15) is 49.6 Å². The second-order valence-corrected chi connectivity index (χ2v) is 9.25. The van der Waals surface area contributed by atoms with Gasteiger partial charge in [0.2, 0.25) is 0 Å². The number of thioether (sulfide) groups is 1. The number of ether oxygens (including phenoxy) is 1. The molecule has 0 radical (unpaired) electrons. The van der Waals surface area contributed by atoms with Crippen LogP contribution in [-0.2, 0) is 23.3 Å². The van der Waals surface area contributed by atoms with E-state index in [1.807, 2.05) is 42.5 Å². The fourth-order valence-electron chi connectivity index (χ4n) is 3.66. The van der Waals surface area contributed by atoms with Crippen LogP contribution in [0.15, 0.2) is 59.5 Å². The number of thiophene rings is 1. The lowest BCUT2D eigenvalue weighted by atomic mass is 9.95. The number of anilines is 1.